The van der Waals surface area contributed by atoms with Gasteiger partial charge in [-0.1, -0.05) is 63.1 Å². The van der Waals surface area contributed by atoms with Crippen LogP contribution in [0.1, 0.15) is 22.3 Å². The minimum atomic E-state index is -0.627. The molecule has 202 valence electrons. The third kappa shape index (κ3) is 10.3. The third-order valence-corrected chi connectivity index (χ3v) is 14.1. The monoisotopic (exact) mass is 790 g/mol. The van der Waals surface area contributed by atoms with Crippen LogP contribution >= 0.6 is 0 Å². The predicted octanol–water partition coefficient (Wildman–Crippen LogP) is 2.73. The molecule has 0 aliphatic carbocycles. The molecule has 0 atom stereocenters. The second-order valence-electron chi connectivity index (χ2n) is 9.16. The molecule has 0 radical (unpaired) electrons. The molecule has 5 aromatic carbocycles. The Balaban J connectivity index is 0.000000292. The molecular weight excluding hydrogens is 756 g/mol. The van der Waals surface area contributed by atoms with E-state index in [1.165, 1.54) is 55.7 Å². The van der Waals surface area contributed by atoms with Crippen LogP contribution in [-0.4, -0.2) is 10.1 Å². The summed E-state index contributed by atoms with van der Waals surface area (Å²) in [4.78, 5) is 0. The summed E-state index contributed by atoms with van der Waals surface area (Å²) in [5.41, 5.74) is 9.05. The second kappa shape index (κ2) is 17.1. The van der Waals surface area contributed by atoms with E-state index in [9.17, 15) is 8.78 Å². The number of hydrogen-bond acceptors (Lipinski definition) is 0. The van der Waals surface area contributed by atoms with Crippen molar-refractivity contribution in [3.05, 3.63) is 137 Å². The molecule has 0 spiro atoms. The van der Waals surface area contributed by atoms with Crippen LogP contribution in [0.5, 0.6) is 0 Å². The van der Waals surface area contributed by atoms with Crippen LogP contribution in [0.2, 0.25) is 5.76 Å². The van der Waals surface area contributed by atoms with Crippen molar-refractivity contribution in [3.8, 4) is 22.3 Å². The summed E-state index contributed by atoms with van der Waals surface area (Å²) in [7, 11) is -0.627. The van der Waals surface area contributed by atoms with Crippen LogP contribution in [0, 0.1) is 39.3 Å². The molecule has 0 aromatic heterocycles. The molecule has 0 saturated heterocycles. The van der Waals surface area contributed by atoms with E-state index in [0.717, 1.165) is 22.3 Å². The Hall–Kier alpha value is -1.79. The molecule has 0 amide bonds. The van der Waals surface area contributed by atoms with Crippen LogP contribution in [0.15, 0.2) is 103 Å². The Labute approximate surface area is 260 Å². The number of benzene rings is 3. The second-order valence-corrected chi connectivity index (χ2v) is 27.0. The van der Waals surface area contributed by atoms with E-state index in [2.05, 4.69) is 60.4 Å². The fourth-order valence-electron chi connectivity index (χ4n) is 4.34. The number of aryl methyl sites for hydroxylation is 4. The summed E-state index contributed by atoms with van der Waals surface area (Å²) < 4.78 is 27.7. The summed E-state index contributed by atoms with van der Waals surface area (Å²) in [5, 5.41) is 0. The van der Waals surface area contributed by atoms with Crippen LogP contribution in [0.4, 0.5) is 8.78 Å². The predicted molar refractivity (Wildman–Crippen MR) is 151 cm³/mol. The van der Waals surface area contributed by atoms with Gasteiger partial charge in [0.2, 0.25) is 0 Å². The fourth-order valence-corrected chi connectivity index (χ4v) is 8.91. The van der Waals surface area contributed by atoms with Crippen LogP contribution in [0.3, 0.4) is 0 Å². The maximum absolute atomic E-state index is 13.0. The molecule has 0 aliphatic heterocycles. The summed E-state index contributed by atoms with van der Waals surface area (Å²) in [6.45, 7) is 8.20. The Morgan fingerprint density at radius 1 is 0.538 bits per heavy atom. The van der Waals surface area contributed by atoms with Gasteiger partial charge in [0, 0.05) is 0 Å². The van der Waals surface area contributed by atoms with Gasteiger partial charge in [0.25, 0.3) is 0 Å². The fraction of sp³-hybridized carbons (Fsp3) is 0.152. The largest absolute Gasteiger partial charge is 1.00 e. The van der Waals surface area contributed by atoms with Crippen molar-refractivity contribution in [2.75, 3.05) is 0 Å². The maximum Gasteiger partial charge on any atom is -1.00 e. The van der Waals surface area contributed by atoms with Crippen molar-refractivity contribution in [1.82, 2.24) is 0 Å². The summed E-state index contributed by atoms with van der Waals surface area (Å²) in [5.74, 6) is 2.08. The van der Waals surface area contributed by atoms with Gasteiger partial charge in [-0.2, -0.15) is 0 Å². The number of hydrogen-bond donors (Lipinski definition) is 0. The van der Waals surface area contributed by atoms with Crippen molar-refractivity contribution >= 4 is 14.5 Å². The molecule has 0 N–H and O–H groups in total. The average Bonchev–Trinajstić information content (AvgIpc) is 3.40. The van der Waals surface area contributed by atoms with Crippen molar-refractivity contribution < 1.29 is 54.9 Å². The summed E-state index contributed by atoms with van der Waals surface area (Å²) in [6.07, 6.45) is 0. The Kier molecular flexibility index (Phi) is 15.5. The van der Waals surface area contributed by atoms with Gasteiger partial charge in [0.15, 0.2) is 0 Å². The molecular formula is C33H32Cl2F2GeHf-2. The van der Waals surface area contributed by atoms with E-state index in [4.69, 9.17) is 0 Å². The van der Waals surface area contributed by atoms with Gasteiger partial charge in [-0.25, -0.2) is 8.78 Å². The molecule has 0 saturated carbocycles. The molecule has 0 nitrogen and oxygen atoms in total. The standard InChI is InChI=1S/2C13H12F.C7H8Ge.2ClH.Hf/c2*1-9-6-7-10(2)13(9)11-4-3-5-12(14)8-11;1-8-7-5-3-2-4-6-7;;;/h2*3-8H,1-2H3;2-6H,1H3;2*1H;/q2*-1;;;;+2/p-2. The normalized spacial score (nSPS) is 9.67. The summed E-state index contributed by atoms with van der Waals surface area (Å²) in [6, 6.07) is 32.6. The molecule has 0 bridgehead atoms. The van der Waals surface area contributed by atoms with Gasteiger partial charge in [-0.15, -0.1) is 69.8 Å². The topological polar surface area (TPSA) is 0 Å². The first kappa shape index (κ1) is 35.2. The molecule has 5 aromatic rings. The number of halogens is 4. The minimum absolute atomic E-state index is 0. The van der Waals surface area contributed by atoms with Crippen LogP contribution in [0.25, 0.3) is 22.3 Å². The Morgan fingerprint density at radius 2 is 0.897 bits per heavy atom. The SMILES string of the molecule is Cc1ccc(C)[c-]1-c1cccc(F)c1.Cc1ccc(C)[c-]1-c1cccc(F)c1.[CH3][Ge](=[Hf+2])[c]1ccccc1.[Cl-].[Cl-]. The van der Waals surface area contributed by atoms with Crippen molar-refractivity contribution in [2.24, 2.45) is 0 Å². The molecule has 5 rings (SSSR count). The van der Waals surface area contributed by atoms with E-state index >= 15 is 0 Å². The molecule has 0 heterocycles. The zero-order chi connectivity index (χ0) is 26.9. The van der Waals surface area contributed by atoms with Crippen molar-refractivity contribution in [3.63, 3.8) is 0 Å². The van der Waals surface area contributed by atoms with Gasteiger partial charge in [-0.3, -0.25) is 0 Å². The van der Waals surface area contributed by atoms with Crippen LogP contribution < -0.4 is 29.2 Å². The molecule has 0 unspecified atom stereocenters. The van der Waals surface area contributed by atoms with Gasteiger partial charge < -0.3 is 24.8 Å². The zero-order valence-corrected chi connectivity index (χ0v) is 30.0. The quantitative estimate of drug-likeness (QED) is 0.195. The third-order valence-electron chi connectivity index (χ3n) is 6.18. The molecule has 0 fully saturated rings. The van der Waals surface area contributed by atoms with Crippen molar-refractivity contribution in [1.29, 1.82) is 0 Å². The van der Waals surface area contributed by atoms with Crippen LogP contribution in [-0.2, 0) is 21.3 Å². The zero-order valence-electron chi connectivity index (χ0n) is 22.8. The van der Waals surface area contributed by atoms with E-state index in [-0.39, 0.29) is 36.4 Å². The van der Waals surface area contributed by atoms with Gasteiger partial charge in [-0.05, 0) is 12.1 Å². The van der Waals surface area contributed by atoms with E-state index < -0.39 is 10.1 Å². The average molecular weight is 789 g/mol. The van der Waals surface area contributed by atoms with Gasteiger partial charge in [0.05, 0.1) is 11.6 Å². The van der Waals surface area contributed by atoms with E-state index in [0.29, 0.717) is 0 Å². The Morgan fingerprint density at radius 3 is 1.18 bits per heavy atom. The first-order valence-electron chi connectivity index (χ1n) is 12.3. The molecule has 39 heavy (non-hydrogen) atoms. The maximum atomic E-state index is 13.0. The van der Waals surface area contributed by atoms with E-state index in [1.807, 2.05) is 39.8 Å². The molecule has 0 aliphatic rings. The molecule has 6 heteroatoms. The van der Waals surface area contributed by atoms with Gasteiger partial charge >= 0.3 is 71.8 Å². The van der Waals surface area contributed by atoms with Gasteiger partial charge in [0.1, 0.15) is 0 Å². The minimum Gasteiger partial charge on any atom is -1.00 e. The van der Waals surface area contributed by atoms with E-state index in [1.54, 1.807) is 28.7 Å². The summed E-state index contributed by atoms with van der Waals surface area (Å²) >= 11 is 1.42. The first-order valence-corrected chi connectivity index (χ1v) is 25.8. The first-order chi connectivity index (χ1) is 17.7. The Bertz CT molecular complexity index is 1350. The number of rotatable bonds is 3. The smallest absolute Gasteiger partial charge is 1.00 e. The van der Waals surface area contributed by atoms with Crippen molar-refractivity contribution in [2.45, 2.75) is 33.5 Å².